The predicted molar refractivity (Wildman–Crippen MR) is 112 cm³/mol. The highest BCUT2D eigenvalue weighted by Crippen LogP contribution is 2.32. The van der Waals surface area contributed by atoms with E-state index in [9.17, 15) is 4.79 Å². The van der Waals surface area contributed by atoms with Crippen molar-refractivity contribution in [2.75, 3.05) is 14.2 Å². The smallest absolute Gasteiger partial charge is 0.233 e. The lowest BCUT2D eigenvalue weighted by Crippen LogP contribution is -2.35. The minimum atomic E-state index is -0.166. The minimum Gasteiger partial charge on any atom is -0.493 e. The zero-order valence-corrected chi connectivity index (χ0v) is 17.7. The first-order valence-electron chi connectivity index (χ1n) is 8.96. The van der Waals surface area contributed by atoms with Crippen LogP contribution >= 0.6 is 23.4 Å². The van der Waals surface area contributed by atoms with Crippen LogP contribution in [0.5, 0.6) is 11.5 Å². The summed E-state index contributed by atoms with van der Waals surface area (Å²) in [6.07, 6.45) is 1.52. The third-order valence-electron chi connectivity index (χ3n) is 4.29. The fraction of sp³-hybridized carbons (Fsp3) is 0.381. The molecule has 0 fully saturated rings. The van der Waals surface area contributed by atoms with Crippen molar-refractivity contribution in [3.63, 3.8) is 0 Å². The summed E-state index contributed by atoms with van der Waals surface area (Å²) in [5.74, 6) is 1.36. The molecule has 27 heavy (non-hydrogen) atoms. The maximum absolute atomic E-state index is 12.9. The number of rotatable bonds is 9. The Morgan fingerprint density at radius 2 is 1.70 bits per heavy atom. The zero-order valence-electron chi connectivity index (χ0n) is 16.1. The molecule has 0 spiro atoms. The van der Waals surface area contributed by atoms with Crippen molar-refractivity contribution in [1.82, 2.24) is 5.32 Å². The summed E-state index contributed by atoms with van der Waals surface area (Å²) in [6.45, 7) is 4.07. The Bertz CT molecular complexity index is 752. The van der Waals surface area contributed by atoms with Crippen LogP contribution in [0.1, 0.15) is 38.3 Å². The van der Waals surface area contributed by atoms with E-state index in [1.165, 1.54) is 0 Å². The van der Waals surface area contributed by atoms with Gasteiger partial charge in [-0.05, 0) is 54.8 Å². The number of carbonyl (C=O) groups excluding carboxylic acids is 1. The summed E-state index contributed by atoms with van der Waals surface area (Å²) >= 11 is 7.49. The van der Waals surface area contributed by atoms with E-state index in [1.54, 1.807) is 26.0 Å². The number of nitrogens with one attached hydrogen (secondary N) is 1. The summed E-state index contributed by atoms with van der Waals surface area (Å²) in [7, 11) is 3.22. The Balaban J connectivity index is 2.11. The van der Waals surface area contributed by atoms with Gasteiger partial charge in [-0.1, -0.05) is 31.5 Å². The lowest BCUT2D eigenvalue weighted by Gasteiger charge is -2.22. The quantitative estimate of drug-likeness (QED) is 0.558. The number of amides is 1. The first kappa shape index (κ1) is 21.5. The summed E-state index contributed by atoms with van der Waals surface area (Å²) in [4.78, 5) is 13.9. The standard InChI is InChI=1S/C21H26ClNO3S/c1-5-17(14-7-12-18(25-3)19(13-14)26-4)23-21(24)20(6-2)27-16-10-8-15(22)9-11-16/h7-13,17,20H,5-6H2,1-4H3,(H,23,24)/t17-,20+/m1/s1. The first-order chi connectivity index (χ1) is 13.0. The van der Waals surface area contributed by atoms with Crippen molar-refractivity contribution < 1.29 is 14.3 Å². The highest BCUT2D eigenvalue weighted by atomic mass is 35.5. The molecule has 146 valence electrons. The van der Waals surface area contributed by atoms with Gasteiger partial charge in [0, 0.05) is 9.92 Å². The van der Waals surface area contributed by atoms with Gasteiger partial charge in [-0.2, -0.15) is 0 Å². The fourth-order valence-electron chi connectivity index (χ4n) is 2.76. The summed E-state index contributed by atoms with van der Waals surface area (Å²) < 4.78 is 10.7. The van der Waals surface area contributed by atoms with E-state index in [0.29, 0.717) is 16.5 Å². The molecule has 0 aliphatic heterocycles. The number of thioether (sulfide) groups is 1. The van der Waals surface area contributed by atoms with E-state index in [4.69, 9.17) is 21.1 Å². The molecule has 0 saturated heterocycles. The highest BCUT2D eigenvalue weighted by Gasteiger charge is 2.22. The van der Waals surface area contributed by atoms with Crippen molar-refractivity contribution in [3.05, 3.63) is 53.1 Å². The minimum absolute atomic E-state index is 0.0269. The Kier molecular flexibility index (Phi) is 8.32. The van der Waals surface area contributed by atoms with Crippen LogP contribution in [0.2, 0.25) is 5.02 Å². The maximum atomic E-state index is 12.9. The van der Waals surface area contributed by atoms with Crippen LogP contribution in [0.4, 0.5) is 0 Å². The molecule has 2 aromatic carbocycles. The van der Waals surface area contributed by atoms with Crippen LogP contribution < -0.4 is 14.8 Å². The third kappa shape index (κ3) is 5.81. The van der Waals surface area contributed by atoms with Crippen molar-refractivity contribution in [1.29, 1.82) is 0 Å². The Hall–Kier alpha value is -1.85. The number of hydrogen-bond donors (Lipinski definition) is 1. The second-order valence-corrected chi connectivity index (χ2v) is 7.77. The second-order valence-electron chi connectivity index (χ2n) is 6.05. The molecule has 0 radical (unpaired) electrons. The number of carbonyl (C=O) groups is 1. The lowest BCUT2D eigenvalue weighted by atomic mass is 10.0. The number of halogens is 1. The van der Waals surface area contributed by atoms with Crippen molar-refractivity contribution in [3.8, 4) is 11.5 Å². The first-order valence-corrected chi connectivity index (χ1v) is 10.2. The Morgan fingerprint density at radius 3 is 2.26 bits per heavy atom. The molecule has 0 aliphatic carbocycles. The van der Waals surface area contributed by atoms with Gasteiger partial charge in [0.25, 0.3) is 0 Å². The van der Waals surface area contributed by atoms with Crippen LogP contribution in [0.25, 0.3) is 0 Å². The third-order valence-corrected chi connectivity index (χ3v) is 5.92. The van der Waals surface area contributed by atoms with Gasteiger partial charge >= 0.3 is 0 Å². The Morgan fingerprint density at radius 1 is 1.04 bits per heavy atom. The normalized spacial score (nSPS) is 12.9. The topological polar surface area (TPSA) is 47.6 Å². The summed E-state index contributed by atoms with van der Waals surface area (Å²) in [5, 5.41) is 3.70. The fourth-order valence-corrected chi connectivity index (χ4v) is 3.84. The largest absolute Gasteiger partial charge is 0.493 e. The monoisotopic (exact) mass is 407 g/mol. The predicted octanol–water partition coefficient (Wildman–Crippen LogP) is 5.50. The number of methoxy groups -OCH3 is 2. The van der Waals surface area contributed by atoms with E-state index in [0.717, 1.165) is 23.3 Å². The number of hydrogen-bond acceptors (Lipinski definition) is 4. The van der Waals surface area contributed by atoms with Crippen LogP contribution in [-0.4, -0.2) is 25.4 Å². The lowest BCUT2D eigenvalue weighted by molar-refractivity contribution is -0.121. The SMILES string of the molecule is CC[C@H](Sc1ccc(Cl)cc1)C(=O)N[C@H](CC)c1ccc(OC)c(OC)c1. The molecule has 0 aliphatic rings. The molecule has 6 heteroatoms. The number of benzene rings is 2. The molecule has 0 aromatic heterocycles. The molecule has 0 unspecified atom stereocenters. The molecule has 2 atom stereocenters. The molecule has 0 bridgehead atoms. The molecular formula is C21H26ClNO3S. The van der Waals surface area contributed by atoms with Crippen LogP contribution in [0.3, 0.4) is 0 Å². The highest BCUT2D eigenvalue weighted by molar-refractivity contribution is 8.00. The maximum Gasteiger partial charge on any atom is 0.233 e. The van der Waals surface area contributed by atoms with E-state index in [-0.39, 0.29) is 17.2 Å². The van der Waals surface area contributed by atoms with Gasteiger partial charge in [-0.25, -0.2) is 0 Å². The van der Waals surface area contributed by atoms with Crippen LogP contribution in [-0.2, 0) is 4.79 Å². The molecule has 0 saturated carbocycles. The number of ether oxygens (including phenoxy) is 2. The van der Waals surface area contributed by atoms with Gasteiger partial charge in [0.05, 0.1) is 25.5 Å². The molecule has 0 heterocycles. The van der Waals surface area contributed by atoms with Gasteiger partial charge in [-0.3, -0.25) is 4.79 Å². The molecule has 2 rings (SSSR count). The van der Waals surface area contributed by atoms with Gasteiger partial charge in [0.15, 0.2) is 11.5 Å². The Labute approximate surface area is 170 Å². The van der Waals surface area contributed by atoms with Crippen molar-refractivity contribution >= 4 is 29.3 Å². The molecule has 1 amide bonds. The van der Waals surface area contributed by atoms with Gasteiger partial charge in [-0.15, -0.1) is 11.8 Å². The molecular weight excluding hydrogens is 382 g/mol. The van der Waals surface area contributed by atoms with Crippen LogP contribution in [0.15, 0.2) is 47.4 Å². The van der Waals surface area contributed by atoms with Crippen molar-refractivity contribution in [2.24, 2.45) is 0 Å². The van der Waals surface area contributed by atoms with E-state index >= 15 is 0 Å². The molecule has 2 aromatic rings. The molecule has 1 N–H and O–H groups in total. The second kappa shape index (κ2) is 10.5. The average Bonchev–Trinajstić information content (AvgIpc) is 2.70. The average molecular weight is 408 g/mol. The zero-order chi connectivity index (χ0) is 19.8. The summed E-state index contributed by atoms with van der Waals surface area (Å²) in [5.41, 5.74) is 0.995. The molecule has 4 nitrogen and oxygen atoms in total. The van der Waals surface area contributed by atoms with E-state index in [2.05, 4.69) is 12.2 Å². The van der Waals surface area contributed by atoms with Crippen molar-refractivity contribution in [2.45, 2.75) is 42.9 Å². The van der Waals surface area contributed by atoms with Gasteiger partial charge in [0.1, 0.15) is 0 Å². The van der Waals surface area contributed by atoms with Gasteiger partial charge < -0.3 is 14.8 Å². The van der Waals surface area contributed by atoms with E-state index < -0.39 is 0 Å². The summed E-state index contributed by atoms with van der Waals surface area (Å²) in [6, 6.07) is 13.2. The van der Waals surface area contributed by atoms with Crippen LogP contribution in [0, 0.1) is 0 Å². The van der Waals surface area contributed by atoms with E-state index in [1.807, 2.05) is 49.4 Å². The van der Waals surface area contributed by atoms with Gasteiger partial charge in [0.2, 0.25) is 5.91 Å².